The molecular weight excluding hydrogens is 353 g/mol. The van der Waals surface area contributed by atoms with Gasteiger partial charge in [-0.05, 0) is 18.2 Å². The van der Waals surface area contributed by atoms with Crippen LogP contribution in [0.3, 0.4) is 0 Å². The van der Waals surface area contributed by atoms with Gasteiger partial charge in [0.2, 0.25) is 11.7 Å². The third kappa shape index (κ3) is 2.00. The summed E-state index contributed by atoms with van der Waals surface area (Å²) in [5.41, 5.74) is 6.31. The zero-order valence-electron chi connectivity index (χ0n) is 14.9. The number of aromatic nitrogens is 3. The fraction of sp³-hybridized carbons (Fsp3) is 0.0476. The van der Waals surface area contributed by atoms with E-state index in [4.69, 9.17) is 4.76 Å². The minimum Gasteiger partial charge on any atom is -0.421 e. The van der Waals surface area contributed by atoms with Gasteiger partial charge in [0, 0.05) is 23.2 Å². The maximum atomic E-state index is 9.41. The van der Waals surface area contributed by atoms with Crippen molar-refractivity contribution in [3.8, 4) is 11.3 Å². The summed E-state index contributed by atoms with van der Waals surface area (Å²) in [6.45, 7) is 0.808. The van der Waals surface area contributed by atoms with Crippen LogP contribution in [0.1, 0.15) is 5.56 Å². The number of benzene rings is 2. The Morgan fingerprint density at radius 3 is 2.64 bits per heavy atom. The quantitative estimate of drug-likeness (QED) is 0.280. The van der Waals surface area contributed by atoms with Crippen LogP contribution in [0.4, 0.5) is 0 Å². The number of fused-ring (bicyclic) bond motifs is 3. The van der Waals surface area contributed by atoms with Gasteiger partial charge in [0.25, 0.3) is 5.69 Å². The summed E-state index contributed by atoms with van der Waals surface area (Å²) < 4.78 is 11.2. The first-order valence-corrected chi connectivity index (χ1v) is 9.14. The van der Waals surface area contributed by atoms with Crippen LogP contribution in [0.5, 0.6) is 0 Å². The first-order chi connectivity index (χ1) is 13.7. The highest BCUT2D eigenvalue weighted by Gasteiger charge is 2.39. The van der Waals surface area contributed by atoms with Crippen molar-refractivity contribution in [1.82, 2.24) is 4.73 Å². The van der Waals surface area contributed by atoms with E-state index in [1.54, 1.807) is 6.20 Å². The molecule has 5 aromatic rings. The minimum atomic E-state index is -1.90. The second-order valence-electron chi connectivity index (χ2n) is 7.01. The highest BCUT2D eigenvalue weighted by atomic mass is 16.7. The maximum absolute atomic E-state index is 9.41. The van der Waals surface area contributed by atoms with Crippen molar-refractivity contribution in [3.63, 3.8) is 0 Å². The largest absolute Gasteiger partial charge is 0.728 e. The molecule has 2 N–H and O–H groups in total. The Balaban J connectivity index is 1.86. The van der Waals surface area contributed by atoms with Gasteiger partial charge in [0.1, 0.15) is 5.39 Å². The lowest BCUT2D eigenvalue weighted by Gasteiger charge is -2.11. The molecular formula is C21H16BN3O3+2. The van der Waals surface area contributed by atoms with E-state index < -0.39 is 7.32 Å². The molecule has 0 unspecified atom stereocenters. The molecule has 0 radical (unpaired) electrons. The Hall–Kier alpha value is -3.42. The van der Waals surface area contributed by atoms with Crippen LogP contribution in [-0.2, 0) is 6.54 Å². The second kappa shape index (κ2) is 5.54. The number of nitrogens with zero attached hydrogens (tertiary/aromatic N) is 3. The molecule has 0 fully saturated rings. The van der Waals surface area contributed by atoms with Crippen molar-refractivity contribution in [2.24, 2.45) is 0 Å². The summed E-state index contributed by atoms with van der Waals surface area (Å²) in [6.07, 6.45) is 3.87. The number of hydrogen-bond acceptors (Lipinski definition) is 3. The molecule has 0 spiro atoms. The fourth-order valence-electron chi connectivity index (χ4n) is 4.42. The Morgan fingerprint density at radius 1 is 0.964 bits per heavy atom. The number of hydrogen-bond donors (Lipinski definition) is 2. The van der Waals surface area contributed by atoms with Crippen LogP contribution in [0.2, 0.25) is 0 Å². The predicted molar refractivity (Wildman–Crippen MR) is 104 cm³/mol. The molecule has 6 rings (SSSR count). The van der Waals surface area contributed by atoms with Gasteiger partial charge in [0.05, 0.1) is 5.56 Å². The Morgan fingerprint density at radius 2 is 1.82 bits per heavy atom. The zero-order valence-corrected chi connectivity index (χ0v) is 14.9. The Kier molecular flexibility index (Phi) is 3.09. The van der Waals surface area contributed by atoms with E-state index in [1.165, 1.54) is 10.3 Å². The predicted octanol–water partition coefficient (Wildman–Crippen LogP) is 1.25. The van der Waals surface area contributed by atoms with Gasteiger partial charge in [-0.3, -0.25) is 0 Å². The minimum absolute atomic E-state index is 0.793. The van der Waals surface area contributed by atoms with Crippen LogP contribution < -0.4 is 13.7 Å². The lowest BCUT2D eigenvalue weighted by Crippen LogP contribution is -2.34. The molecule has 0 saturated heterocycles. The lowest BCUT2D eigenvalue weighted by molar-refractivity contribution is -0.687. The second-order valence-corrected chi connectivity index (χ2v) is 7.01. The molecule has 1 aliphatic rings. The van der Waals surface area contributed by atoms with Gasteiger partial charge in [0.15, 0.2) is 12.1 Å². The van der Waals surface area contributed by atoms with Crippen molar-refractivity contribution in [1.29, 1.82) is 0 Å². The van der Waals surface area contributed by atoms with Gasteiger partial charge >= 0.3 is 13.0 Å². The zero-order chi connectivity index (χ0) is 18.8. The summed E-state index contributed by atoms with van der Waals surface area (Å²) in [7, 11) is -1.90. The van der Waals surface area contributed by atoms with Crippen molar-refractivity contribution in [3.05, 3.63) is 78.6 Å². The average molecular weight is 369 g/mol. The van der Waals surface area contributed by atoms with Gasteiger partial charge in [-0.2, -0.15) is 4.73 Å². The molecule has 0 amide bonds. The highest BCUT2D eigenvalue weighted by molar-refractivity contribution is 6.33. The van der Waals surface area contributed by atoms with Crippen LogP contribution in [0.15, 0.2) is 73.1 Å². The first kappa shape index (κ1) is 15.6. The van der Waals surface area contributed by atoms with E-state index in [-0.39, 0.29) is 0 Å². The third-order valence-corrected chi connectivity index (χ3v) is 5.43. The normalized spacial score (nSPS) is 12.5. The summed E-state index contributed by atoms with van der Waals surface area (Å²) in [4.78, 5) is 0. The molecule has 2 aromatic carbocycles. The van der Waals surface area contributed by atoms with Gasteiger partial charge in [-0.25, -0.2) is 0 Å². The van der Waals surface area contributed by atoms with E-state index in [0.717, 1.165) is 45.3 Å². The van der Waals surface area contributed by atoms with Crippen LogP contribution in [-0.4, -0.2) is 22.1 Å². The van der Waals surface area contributed by atoms with Gasteiger partial charge in [-0.1, -0.05) is 40.8 Å². The molecule has 134 valence electrons. The molecule has 6 nitrogen and oxygen atoms in total. The molecule has 7 heteroatoms. The topological polar surface area (TPSA) is 62.6 Å². The molecule has 4 heterocycles. The van der Waals surface area contributed by atoms with Crippen molar-refractivity contribution in [2.45, 2.75) is 6.54 Å². The third-order valence-electron chi connectivity index (χ3n) is 5.43. The smallest absolute Gasteiger partial charge is 0.421 e. The monoisotopic (exact) mass is 369 g/mol. The molecule has 0 saturated carbocycles. The SMILES string of the molecule is OB(O)On1cccc2c1c1cccc3c1c1[n+](cc(-c4ccccc4)[n+]21)C3. The highest BCUT2D eigenvalue weighted by Crippen LogP contribution is 2.32. The van der Waals surface area contributed by atoms with Crippen LogP contribution >= 0.6 is 0 Å². The summed E-state index contributed by atoms with van der Waals surface area (Å²) in [5.74, 6) is 0. The fourth-order valence-corrected chi connectivity index (χ4v) is 4.42. The summed E-state index contributed by atoms with van der Waals surface area (Å²) in [5, 5.41) is 21.0. The summed E-state index contributed by atoms with van der Waals surface area (Å²) in [6, 6.07) is 20.4. The van der Waals surface area contributed by atoms with Crippen LogP contribution in [0.25, 0.3) is 38.7 Å². The van der Waals surface area contributed by atoms with E-state index >= 15 is 0 Å². The molecule has 0 aliphatic carbocycles. The lowest BCUT2D eigenvalue weighted by atomic mass is 10.1. The summed E-state index contributed by atoms with van der Waals surface area (Å²) >= 11 is 0. The van der Waals surface area contributed by atoms with Gasteiger partial charge in [-0.15, -0.1) is 4.57 Å². The molecule has 1 aliphatic heterocycles. The number of imidazole rings is 1. The van der Waals surface area contributed by atoms with E-state index in [2.05, 4.69) is 39.4 Å². The molecule has 0 atom stereocenters. The molecule has 0 bridgehead atoms. The standard InChI is InChI=1S/C21H16BN3O3/c26-22(27)28-24-11-5-10-17-20(24)16-9-4-8-15-12-23-13-18(14-6-2-1-3-7-14)25(17)21(23)19(15)16/h1-11,13,26-27H,12H2/q+2. The maximum Gasteiger partial charge on any atom is 0.728 e. The molecule has 3 aromatic heterocycles. The number of pyridine rings is 2. The van der Waals surface area contributed by atoms with Crippen molar-refractivity contribution < 1.29 is 23.8 Å². The van der Waals surface area contributed by atoms with E-state index in [9.17, 15) is 10.0 Å². The first-order valence-electron chi connectivity index (χ1n) is 9.14. The van der Waals surface area contributed by atoms with Crippen molar-refractivity contribution >= 4 is 34.8 Å². The Bertz CT molecular complexity index is 1400. The number of rotatable bonds is 3. The van der Waals surface area contributed by atoms with E-state index in [1.807, 2.05) is 36.4 Å². The van der Waals surface area contributed by atoms with Crippen molar-refractivity contribution in [2.75, 3.05) is 0 Å². The average Bonchev–Trinajstić information content (AvgIpc) is 3.25. The molecule has 28 heavy (non-hydrogen) atoms. The van der Waals surface area contributed by atoms with E-state index in [0.29, 0.717) is 0 Å². The van der Waals surface area contributed by atoms with Gasteiger partial charge < -0.3 is 14.8 Å². The Labute approximate surface area is 160 Å². The van der Waals surface area contributed by atoms with Crippen LogP contribution in [0, 0.1) is 0 Å².